The summed E-state index contributed by atoms with van der Waals surface area (Å²) in [4.78, 5) is 30.3. The number of H-pyrrole nitrogens is 1. The van der Waals surface area contributed by atoms with Gasteiger partial charge in [0, 0.05) is 19.3 Å². The first-order valence-corrected chi connectivity index (χ1v) is 9.41. The van der Waals surface area contributed by atoms with Crippen LogP contribution in [0.3, 0.4) is 0 Å². The fourth-order valence-electron chi connectivity index (χ4n) is 3.67. The molecule has 28 heavy (non-hydrogen) atoms. The third kappa shape index (κ3) is 2.81. The molecule has 0 saturated heterocycles. The maximum absolute atomic E-state index is 12.8. The quantitative estimate of drug-likeness (QED) is 0.752. The average Bonchev–Trinajstić information content (AvgIpc) is 3.20. The number of nitrogens with one attached hydrogen (secondary N) is 1. The van der Waals surface area contributed by atoms with Gasteiger partial charge in [-0.05, 0) is 32.4 Å². The molecule has 144 valence electrons. The summed E-state index contributed by atoms with van der Waals surface area (Å²) in [5.74, 6) is 1.39. The summed E-state index contributed by atoms with van der Waals surface area (Å²) in [7, 11) is 1.78. The number of rotatable bonds is 4. The number of pyridine rings is 1. The van der Waals surface area contributed by atoms with Gasteiger partial charge < -0.3 is 9.80 Å². The van der Waals surface area contributed by atoms with Crippen molar-refractivity contribution in [3.8, 4) is 22.8 Å². The Morgan fingerprint density at radius 1 is 1.21 bits per heavy atom. The molecule has 1 atom stereocenters. The van der Waals surface area contributed by atoms with E-state index in [1.54, 1.807) is 30.5 Å². The number of hydrogen-bond donors (Lipinski definition) is 1. The van der Waals surface area contributed by atoms with E-state index in [0.717, 1.165) is 28.5 Å². The SMILES string of the molecule is CC[C@@H]1C(=O)N(C)c2cnc(-c3cn[nH]c3-c3ccccn3)nc2N1C(C)C. The number of likely N-dealkylation sites (N-methyl/N-ethyl adjacent to an activating group) is 1. The molecular weight excluding hydrogens is 354 g/mol. The van der Waals surface area contributed by atoms with E-state index in [1.165, 1.54) is 0 Å². The first kappa shape index (κ1) is 18.1. The van der Waals surface area contributed by atoms with Gasteiger partial charge in [-0.2, -0.15) is 5.10 Å². The lowest BCUT2D eigenvalue weighted by atomic mass is 10.1. The highest BCUT2D eigenvalue weighted by Crippen LogP contribution is 2.37. The van der Waals surface area contributed by atoms with Crippen LogP contribution in [0.4, 0.5) is 11.5 Å². The van der Waals surface area contributed by atoms with Crippen LogP contribution in [0.25, 0.3) is 22.8 Å². The molecule has 4 rings (SSSR count). The lowest BCUT2D eigenvalue weighted by Gasteiger charge is -2.42. The standard InChI is InChI=1S/C20H23N7O/c1-5-15-20(28)26(4)16-11-22-18(24-19(16)27(15)12(2)3)13-10-23-25-17(13)14-8-6-7-9-21-14/h6-12,15H,5H2,1-4H3,(H,23,25)/t15-/m1/s1. The van der Waals surface area contributed by atoms with E-state index >= 15 is 0 Å². The molecule has 0 aliphatic carbocycles. The van der Waals surface area contributed by atoms with E-state index in [2.05, 4.69) is 38.9 Å². The van der Waals surface area contributed by atoms with Crippen LogP contribution in [0.5, 0.6) is 0 Å². The number of fused-ring (bicyclic) bond motifs is 1. The second-order valence-corrected chi connectivity index (χ2v) is 7.10. The molecule has 0 spiro atoms. The van der Waals surface area contributed by atoms with Crippen LogP contribution >= 0.6 is 0 Å². The Bertz CT molecular complexity index is 999. The summed E-state index contributed by atoms with van der Waals surface area (Å²) < 4.78 is 0. The highest BCUT2D eigenvalue weighted by molar-refractivity contribution is 6.04. The number of carbonyl (C=O) groups excluding carboxylic acids is 1. The molecule has 3 aromatic heterocycles. The van der Waals surface area contributed by atoms with Crippen LogP contribution in [0, 0.1) is 0 Å². The Hall–Kier alpha value is -3.29. The van der Waals surface area contributed by atoms with Gasteiger partial charge in [0.1, 0.15) is 11.7 Å². The normalized spacial score (nSPS) is 16.6. The molecule has 0 unspecified atom stereocenters. The predicted molar refractivity (Wildman–Crippen MR) is 108 cm³/mol. The Morgan fingerprint density at radius 3 is 2.71 bits per heavy atom. The van der Waals surface area contributed by atoms with E-state index in [9.17, 15) is 4.79 Å². The van der Waals surface area contributed by atoms with Crippen molar-refractivity contribution in [2.24, 2.45) is 0 Å². The van der Waals surface area contributed by atoms with Crippen molar-refractivity contribution in [2.45, 2.75) is 39.3 Å². The molecule has 1 aliphatic heterocycles. The first-order chi connectivity index (χ1) is 13.5. The van der Waals surface area contributed by atoms with Crippen LogP contribution in [-0.2, 0) is 4.79 Å². The third-order valence-corrected chi connectivity index (χ3v) is 5.05. The lowest BCUT2D eigenvalue weighted by Crippen LogP contribution is -2.54. The fraction of sp³-hybridized carbons (Fsp3) is 0.350. The molecule has 4 heterocycles. The summed E-state index contributed by atoms with van der Waals surface area (Å²) in [5.41, 5.74) is 3.03. The average molecular weight is 377 g/mol. The summed E-state index contributed by atoms with van der Waals surface area (Å²) in [6.07, 6.45) is 5.87. The summed E-state index contributed by atoms with van der Waals surface area (Å²) >= 11 is 0. The maximum Gasteiger partial charge on any atom is 0.249 e. The first-order valence-electron chi connectivity index (χ1n) is 9.41. The van der Waals surface area contributed by atoms with E-state index in [-0.39, 0.29) is 18.0 Å². The van der Waals surface area contributed by atoms with Gasteiger partial charge in [0.05, 0.1) is 29.3 Å². The van der Waals surface area contributed by atoms with Gasteiger partial charge in [0.25, 0.3) is 0 Å². The number of carbonyl (C=O) groups is 1. The minimum Gasteiger partial charge on any atom is -0.340 e. The number of amides is 1. The van der Waals surface area contributed by atoms with Crippen molar-refractivity contribution in [2.75, 3.05) is 16.8 Å². The van der Waals surface area contributed by atoms with Gasteiger partial charge in [-0.3, -0.25) is 14.9 Å². The zero-order valence-corrected chi connectivity index (χ0v) is 16.4. The zero-order valence-electron chi connectivity index (χ0n) is 16.4. The third-order valence-electron chi connectivity index (χ3n) is 5.05. The topological polar surface area (TPSA) is 90.9 Å². The number of aromatic amines is 1. The largest absolute Gasteiger partial charge is 0.340 e. The van der Waals surface area contributed by atoms with E-state index < -0.39 is 0 Å². The Labute approximate surface area is 163 Å². The molecule has 0 fully saturated rings. The maximum atomic E-state index is 12.8. The van der Waals surface area contributed by atoms with Crippen LogP contribution in [0.2, 0.25) is 0 Å². The molecule has 1 amide bonds. The molecule has 0 saturated carbocycles. The molecule has 8 heteroatoms. The zero-order chi connectivity index (χ0) is 19.8. The molecule has 0 aromatic carbocycles. The van der Waals surface area contributed by atoms with Gasteiger partial charge >= 0.3 is 0 Å². The second-order valence-electron chi connectivity index (χ2n) is 7.10. The van der Waals surface area contributed by atoms with Crippen molar-refractivity contribution >= 4 is 17.4 Å². The second kappa shape index (κ2) is 7.03. The number of nitrogens with zero attached hydrogens (tertiary/aromatic N) is 6. The van der Waals surface area contributed by atoms with E-state index in [4.69, 9.17) is 4.98 Å². The molecule has 1 aliphatic rings. The highest BCUT2D eigenvalue weighted by atomic mass is 16.2. The molecule has 0 bridgehead atoms. The van der Waals surface area contributed by atoms with Crippen molar-refractivity contribution in [3.63, 3.8) is 0 Å². The fourth-order valence-corrected chi connectivity index (χ4v) is 3.67. The van der Waals surface area contributed by atoms with Crippen molar-refractivity contribution in [1.29, 1.82) is 0 Å². The Morgan fingerprint density at radius 2 is 2.04 bits per heavy atom. The van der Waals surface area contributed by atoms with Crippen LogP contribution < -0.4 is 9.80 Å². The van der Waals surface area contributed by atoms with Gasteiger partial charge in [-0.15, -0.1) is 0 Å². The van der Waals surface area contributed by atoms with Gasteiger partial charge in [-0.1, -0.05) is 13.0 Å². The van der Waals surface area contributed by atoms with E-state index in [1.807, 2.05) is 25.1 Å². The lowest BCUT2D eigenvalue weighted by molar-refractivity contribution is -0.120. The van der Waals surface area contributed by atoms with Gasteiger partial charge in [-0.25, -0.2) is 9.97 Å². The molecule has 8 nitrogen and oxygen atoms in total. The predicted octanol–water partition coefficient (Wildman–Crippen LogP) is 2.90. The smallest absolute Gasteiger partial charge is 0.249 e. The van der Waals surface area contributed by atoms with Gasteiger partial charge in [0.2, 0.25) is 5.91 Å². The molecular formula is C20H23N7O. The number of aromatic nitrogens is 5. The number of anilines is 2. The van der Waals surface area contributed by atoms with Crippen LogP contribution in [0.1, 0.15) is 27.2 Å². The Kier molecular flexibility index (Phi) is 4.54. The van der Waals surface area contributed by atoms with Crippen LogP contribution in [0.15, 0.2) is 36.8 Å². The minimum absolute atomic E-state index is 0.0672. The highest BCUT2D eigenvalue weighted by Gasteiger charge is 2.38. The molecule has 0 radical (unpaired) electrons. The minimum atomic E-state index is -0.236. The molecule has 1 N–H and O–H groups in total. The Balaban J connectivity index is 1.85. The van der Waals surface area contributed by atoms with Crippen molar-refractivity contribution in [1.82, 2.24) is 25.1 Å². The molecule has 3 aromatic rings. The summed E-state index contributed by atoms with van der Waals surface area (Å²) in [6.45, 7) is 6.17. The van der Waals surface area contributed by atoms with Crippen LogP contribution in [-0.4, -0.2) is 50.2 Å². The van der Waals surface area contributed by atoms with Crippen molar-refractivity contribution in [3.05, 3.63) is 36.8 Å². The summed E-state index contributed by atoms with van der Waals surface area (Å²) in [6, 6.07) is 5.60. The van der Waals surface area contributed by atoms with Gasteiger partial charge in [0.15, 0.2) is 11.6 Å². The summed E-state index contributed by atoms with van der Waals surface area (Å²) in [5, 5.41) is 7.18. The van der Waals surface area contributed by atoms with Crippen molar-refractivity contribution < 1.29 is 4.79 Å². The number of hydrogen-bond acceptors (Lipinski definition) is 6. The monoisotopic (exact) mass is 377 g/mol. The van der Waals surface area contributed by atoms with E-state index in [0.29, 0.717) is 12.2 Å².